The molecule has 1 rings (SSSR count). The first-order chi connectivity index (χ1) is 12.6. The van der Waals surface area contributed by atoms with E-state index in [1.807, 2.05) is 0 Å². The van der Waals surface area contributed by atoms with E-state index in [0.717, 1.165) is 0 Å². The molecule has 2 amide bonds. The molecule has 1 heterocycles. The number of carboxylic acid groups (broad SMARTS) is 2. The van der Waals surface area contributed by atoms with Crippen LogP contribution in [0.4, 0.5) is 0 Å². The number of carboxylic acids is 2. The lowest BCUT2D eigenvalue weighted by Gasteiger charge is -2.25. The molecule has 0 saturated carbocycles. The van der Waals surface area contributed by atoms with E-state index in [9.17, 15) is 24.3 Å². The fourth-order valence-corrected chi connectivity index (χ4v) is 2.28. The molecule has 1 aromatic heterocycles. The van der Waals surface area contributed by atoms with Gasteiger partial charge in [0.05, 0.1) is 12.4 Å². The fourth-order valence-electron chi connectivity index (χ4n) is 2.28. The summed E-state index contributed by atoms with van der Waals surface area (Å²) >= 11 is 0. The quantitative estimate of drug-likeness (QED) is 0.276. The van der Waals surface area contributed by atoms with Crippen LogP contribution in [0.2, 0.25) is 0 Å². The van der Waals surface area contributed by atoms with Crippen LogP contribution in [0.1, 0.15) is 32.4 Å². The zero-order chi connectivity index (χ0) is 20.6. The van der Waals surface area contributed by atoms with E-state index >= 15 is 0 Å². The van der Waals surface area contributed by atoms with Crippen molar-refractivity contribution in [3.63, 3.8) is 0 Å². The van der Waals surface area contributed by atoms with Gasteiger partial charge >= 0.3 is 11.9 Å². The molecule has 3 atom stereocenters. The minimum atomic E-state index is -1.23. The first-order valence-corrected chi connectivity index (χ1v) is 8.40. The number of carbonyl (C=O) groups excluding carboxylic acids is 2. The lowest BCUT2D eigenvalue weighted by atomic mass is 10.0. The van der Waals surface area contributed by atoms with Crippen molar-refractivity contribution in [2.45, 2.75) is 51.2 Å². The van der Waals surface area contributed by atoms with Crippen molar-refractivity contribution in [3.8, 4) is 0 Å². The Kier molecular flexibility index (Phi) is 8.39. The Labute approximate surface area is 155 Å². The van der Waals surface area contributed by atoms with Crippen LogP contribution >= 0.6 is 0 Å². The summed E-state index contributed by atoms with van der Waals surface area (Å²) < 4.78 is 0. The van der Waals surface area contributed by atoms with E-state index in [4.69, 9.17) is 10.8 Å². The molecule has 3 unspecified atom stereocenters. The van der Waals surface area contributed by atoms with E-state index in [-0.39, 0.29) is 25.2 Å². The lowest BCUT2D eigenvalue weighted by molar-refractivity contribution is -0.142. The highest BCUT2D eigenvalue weighted by Crippen LogP contribution is 2.06. The normalized spacial score (nSPS) is 14.2. The smallest absolute Gasteiger partial charge is 0.326 e. The maximum atomic E-state index is 12.5. The molecule has 0 fully saturated rings. The van der Waals surface area contributed by atoms with E-state index in [2.05, 4.69) is 20.6 Å². The van der Waals surface area contributed by atoms with Gasteiger partial charge < -0.3 is 31.6 Å². The van der Waals surface area contributed by atoms with Crippen LogP contribution < -0.4 is 16.4 Å². The number of aromatic nitrogens is 2. The molecule has 0 aliphatic heterocycles. The molecule has 27 heavy (non-hydrogen) atoms. The molecule has 7 N–H and O–H groups in total. The predicted octanol–water partition coefficient (Wildman–Crippen LogP) is -1.15. The molecule has 11 heteroatoms. The van der Waals surface area contributed by atoms with Crippen molar-refractivity contribution < 1.29 is 29.4 Å². The van der Waals surface area contributed by atoms with Gasteiger partial charge in [-0.1, -0.05) is 13.8 Å². The Morgan fingerprint density at radius 1 is 1.19 bits per heavy atom. The molecule has 1 aromatic rings. The predicted molar refractivity (Wildman–Crippen MR) is 93.5 cm³/mol. The third-order valence-corrected chi connectivity index (χ3v) is 3.85. The number of hydrogen-bond acceptors (Lipinski definition) is 6. The molecule has 150 valence electrons. The molecule has 0 aromatic carbocycles. The van der Waals surface area contributed by atoms with E-state index in [1.165, 1.54) is 12.5 Å². The van der Waals surface area contributed by atoms with Gasteiger partial charge in [-0.3, -0.25) is 14.4 Å². The zero-order valence-corrected chi connectivity index (χ0v) is 15.1. The number of amides is 2. The van der Waals surface area contributed by atoms with Gasteiger partial charge in [0.25, 0.3) is 0 Å². The topological polar surface area (TPSA) is 188 Å². The third kappa shape index (κ3) is 7.44. The van der Waals surface area contributed by atoms with Crippen LogP contribution in [-0.2, 0) is 25.6 Å². The Morgan fingerprint density at radius 3 is 2.33 bits per heavy atom. The second-order valence-electron chi connectivity index (χ2n) is 6.45. The average molecular weight is 383 g/mol. The first-order valence-electron chi connectivity index (χ1n) is 8.40. The van der Waals surface area contributed by atoms with Crippen molar-refractivity contribution in [2.24, 2.45) is 11.7 Å². The maximum Gasteiger partial charge on any atom is 0.326 e. The van der Waals surface area contributed by atoms with Gasteiger partial charge in [0.15, 0.2) is 0 Å². The molecule has 0 radical (unpaired) electrons. The number of aliphatic carboxylic acids is 2. The summed E-state index contributed by atoms with van der Waals surface area (Å²) in [5, 5.41) is 22.8. The molecule has 0 aliphatic rings. The summed E-state index contributed by atoms with van der Waals surface area (Å²) in [6, 6.07) is -3.32. The lowest BCUT2D eigenvalue weighted by Crippen LogP contribution is -2.56. The summed E-state index contributed by atoms with van der Waals surface area (Å²) in [6.07, 6.45) is 2.48. The first kappa shape index (κ1) is 22.1. The highest BCUT2D eigenvalue weighted by atomic mass is 16.4. The van der Waals surface area contributed by atoms with Crippen LogP contribution in [0.15, 0.2) is 12.5 Å². The second-order valence-corrected chi connectivity index (χ2v) is 6.45. The van der Waals surface area contributed by atoms with E-state index in [1.54, 1.807) is 13.8 Å². The van der Waals surface area contributed by atoms with Gasteiger partial charge in [-0.05, 0) is 12.3 Å². The Hall–Kier alpha value is -2.95. The van der Waals surface area contributed by atoms with Crippen LogP contribution in [0.5, 0.6) is 0 Å². The molecule has 11 nitrogen and oxygen atoms in total. The van der Waals surface area contributed by atoms with Gasteiger partial charge in [0, 0.05) is 24.7 Å². The van der Waals surface area contributed by atoms with Gasteiger partial charge in [-0.2, -0.15) is 0 Å². The number of rotatable bonds is 11. The Bertz CT molecular complexity index is 660. The number of carbonyl (C=O) groups is 4. The van der Waals surface area contributed by atoms with Crippen molar-refractivity contribution in [2.75, 3.05) is 0 Å². The average Bonchev–Trinajstić information content (AvgIpc) is 3.09. The Morgan fingerprint density at radius 2 is 1.85 bits per heavy atom. The summed E-state index contributed by atoms with van der Waals surface area (Å²) in [5.41, 5.74) is 6.17. The van der Waals surface area contributed by atoms with Crippen molar-refractivity contribution in [3.05, 3.63) is 18.2 Å². The number of nitrogens with zero attached hydrogens (tertiary/aromatic N) is 1. The summed E-state index contributed by atoms with van der Waals surface area (Å²) in [6.45, 7) is 3.36. The number of imidazole rings is 1. The monoisotopic (exact) mass is 383 g/mol. The maximum absolute atomic E-state index is 12.5. The summed E-state index contributed by atoms with van der Waals surface area (Å²) in [4.78, 5) is 53.2. The molecule has 0 saturated heterocycles. The number of nitrogens with one attached hydrogen (secondary N) is 3. The van der Waals surface area contributed by atoms with Gasteiger partial charge in [-0.15, -0.1) is 0 Å². The van der Waals surface area contributed by atoms with Crippen LogP contribution in [0.25, 0.3) is 0 Å². The molecule has 0 aliphatic carbocycles. The van der Waals surface area contributed by atoms with Crippen molar-refractivity contribution >= 4 is 23.8 Å². The Balaban J connectivity index is 2.74. The molecular weight excluding hydrogens is 358 g/mol. The van der Waals surface area contributed by atoms with Crippen LogP contribution in [0, 0.1) is 5.92 Å². The van der Waals surface area contributed by atoms with E-state index in [0.29, 0.717) is 5.69 Å². The SMILES string of the molecule is CC(C)C(NC(=O)C(N)CCC(=O)O)C(=O)NC(Cc1cnc[nH]1)C(=O)O. The summed E-state index contributed by atoms with van der Waals surface area (Å²) in [5.74, 6) is -4.01. The fraction of sp³-hybridized carbons (Fsp3) is 0.562. The summed E-state index contributed by atoms with van der Waals surface area (Å²) in [7, 11) is 0. The number of nitrogens with two attached hydrogens (primary N) is 1. The molecule has 0 spiro atoms. The zero-order valence-electron chi connectivity index (χ0n) is 15.1. The minimum absolute atomic E-state index is 0.00202. The number of hydrogen-bond donors (Lipinski definition) is 6. The van der Waals surface area contributed by atoms with Crippen molar-refractivity contribution in [1.29, 1.82) is 0 Å². The van der Waals surface area contributed by atoms with Gasteiger partial charge in [0.1, 0.15) is 12.1 Å². The van der Waals surface area contributed by atoms with Crippen LogP contribution in [-0.4, -0.2) is 62.1 Å². The molecule has 0 bridgehead atoms. The van der Waals surface area contributed by atoms with Crippen molar-refractivity contribution in [1.82, 2.24) is 20.6 Å². The number of H-pyrrole nitrogens is 1. The van der Waals surface area contributed by atoms with E-state index < -0.39 is 41.9 Å². The van der Waals surface area contributed by atoms with Gasteiger partial charge in [-0.25, -0.2) is 9.78 Å². The van der Waals surface area contributed by atoms with Gasteiger partial charge in [0.2, 0.25) is 11.8 Å². The highest BCUT2D eigenvalue weighted by molar-refractivity contribution is 5.92. The number of aromatic amines is 1. The molecular formula is C16H25N5O6. The standard InChI is InChI=1S/C16H25N5O6/c1-8(2)13(21-14(24)10(17)3-4-12(22)23)15(25)20-11(16(26)27)5-9-6-18-7-19-9/h6-8,10-11,13H,3-5,17H2,1-2H3,(H,18,19)(H,20,25)(H,21,24)(H,22,23)(H,26,27). The second kappa shape index (κ2) is 10.3. The third-order valence-electron chi connectivity index (χ3n) is 3.85. The highest BCUT2D eigenvalue weighted by Gasteiger charge is 2.30. The minimum Gasteiger partial charge on any atom is -0.481 e. The largest absolute Gasteiger partial charge is 0.481 e. The van der Waals surface area contributed by atoms with Crippen LogP contribution in [0.3, 0.4) is 0 Å².